The molecule has 2 aromatic rings. The van der Waals surface area contributed by atoms with Crippen LogP contribution in [0.4, 0.5) is 36.3 Å². The van der Waals surface area contributed by atoms with E-state index in [4.69, 9.17) is 4.74 Å². The Morgan fingerprint density at radius 1 is 1.16 bits per heavy atom. The Balaban J connectivity index is 1.41. The summed E-state index contributed by atoms with van der Waals surface area (Å²) in [6.45, 7) is 7.30. The number of rotatable bonds is 10. The number of carbonyl (C=O) groups excluding carboxylic acids is 1. The first-order valence-corrected chi connectivity index (χ1v) is 12.6. The normalized spacial score (nSPS) is 16.8. The monoisotopic (exact) mass is 521 g/mol. The van der Waals surface area contributed by atoms with Crippen molar-refractivity contribution in [2.75, 3.05) is 75.1 Å². The Bertz CT molecular complexity index is 1070. The minimum absolute atomic E-state index is 0.0795. The highest BCUT2D eigenvalue weighted by Crippen LogP contribution is 2.34. The van der Waals surface area contributed by atoms with Gasteiger partial charge in [0.15, 0.2) is 0 Å². The third-order valence-corrected chi connectivity index (χ3v) is 6.63. The molecule has 0 saturated carbocycles. The maximum absolute atomic E-state index is 13.6. The first kappa shape index (κ1) is 26.9. The van der Waals surface area contributed by atoms with E-state index in [1.807, 2.05) is 19.1 Å². The summed E-state index contributed by atoms with van der Waals surface area (Å²) in [5.41, 5.74) is 1.98. The number of likely N-dealkylation sites (N-methyl/N-ethyl adjacent to an activating group) is 1. The molecule has 4 rings (SSSR count). The third kappa shape index (κ3) is 7.01. The molecule has 1 amide bonds. The van der Waals surface area contributed by atoms with Crippen molar-refractivity contribution in [3.63, 3.8) is 0 Å². The van der Waals surface area contributed by atoms with E-state index >= 15 is 0 Å². The van der Waals surface area contributed by atoms with Crippen LogP contribution < -0.4 is 20.9 Å². The number of anilines is 4. The van der Waals surface area contributed by atoms with Crippen LogP contribution in [0.2, 0.25) is 0 Å². The van der Waals surface area contributed by atoms with Crippen molar-refractivity contribution in [2.45, 2.75) is 25.9 Å². The molecule has 2 saturated heterocycles. The molecule has 0 unspecified atom stereocenters. The van der Waals surface area contributed by atoms with E-state index in [0.29, 0.717) is 26.2 Å². The molecule has 1 aromatic carbocycles. The number of amides is 1. The lowest BCUT2D eigenvalue weighted by atomic mass is 10.1. The van der Waals surface area contributed by atoms with Crippen LogP contribution in [0, 0.1) is 5.92 Å². The van der Waals surface area contributed by atoms with Gasteiger partial charge in [-0.1, -0.05) is 6.92 Å². The minimum atomic E-state index is -4.60. The number of aromatic nitrogens is 2. The summed E-state index contributed by atoms with van der Waals surface area (Å²) in [5.74, 6) is -0.447. The van der Waals surface area contributed by atoms with Crippen LogP contribution in [0.15, 0.2) is 24.4 Å². The van der Waals surface area contributed by atoms with Crippen LogP contribution in [0.3, 0.4) is 0 Å². The average molecular weight is 522 g/mol. The molecule has 3 heterocycles. The van der Waals surface area contributed by atoms with Crippen LogP contribution >= 0.6 is 0 Å². The lowest BCUT2D eigenvalue weighted by Gasteiger charge is -2.34. The zero-order valence-electron chi connectivity index (χ0n) is 21.2. The number of nitrogens with one attached hydrogen (secondary N) is 3. The van der Waals surface area contributed by atoms with Crippen molar-refractivity contribution in [3.05, 3.63) is 35.5 Å². The second kappa shape index (κ2) is 12.0. The first-order valence-electron chi connectivity index (χ1n) is 12.6. The Morgan fingerprint density at radius 3 is 2.57 bits per heavy atom. The Morgan fingerprint density at radius 2 is 1.92 bits per heavy atom. The van der Waals surface area contributed by atoms with E-state index in [-0.39, 0.29) is 30.1 Å². The maximum Gasteiger partial charge on any atom is 0.421 e. The van der Waals surface area contributed by atoms with Gasteiger partial charge in [0.1, 0.15) is 11.4 Å². The van der Waals surface area contributed by atoms with Gasteiger partial charge >= 0.3 is 6.18 Å². The van der Waals surface area contributed by atoms with Crippen LogP contribution in [0.5, 0.6) is 0 Å². The molecular formula is C25H34F3N7O2. The van der Waals surface area contributed by atoms with E-state index in [9.17, 15) is 18.0 Å². The first-order chi connectivity index (χ1) is 17.7. The fraction of sp³-hybridized carbons (Fsp3) is 0.560. The van der Waals surface area contributed by atoms with Gasteiger partial charge in [-0.2, -0.15) is 18.2 Å². The predicted molar refractivity (Wildman–Crippen MR) is 136 cm³/mol. The van der Waals surface area contributed by atoms with Crippen molar-refractivity contribution < 1.29 is 22.7 Å². The SMILES string of the molecule is CCc1cc(N2CCN(C)CC2)ccc1Nc1ncc(C(F)(F)F)c(NCCCNC(=O)C2COC2)n1. The Hall–Kier alpha value is -3.12. The van der Waals surface area contributed by atoms with Crippen LogP contribution in [-0.2, 0) is 22.1 Å². The lowest BCUT2D eigenvalue weighted by molar-refractivity contribution is -0.139. The number of halogens is 3. The van der Waals surface area contributed by atoms with Gasteiger partial charge in [-0.3, -0.25) is 4.79 Å². The van der Waals surface area contributed by atoms with Gasteiger partial charge in [0, 0.05) is 56.8 Å². The average Bonchev–Trinajstić information content (AvgIpc) is 2.83. The summed E-state index contributed by atoms with van der Waals surface area (Å²) in [6, 6.07) is 6.05. The molecule has 3 N–H and O–H groups in total. The molecule has 0 spiro atoms. The summed E-state index contributed by atoms with van der Waals surface area (Å²) in [7, 11) is 2.11. The highest BCUT2D eigenvalue weighted by molar-refractivity contribution is 5.79. The molecule has 1 aromatic heterocycles. The number of ether oxygens (including phenoxy) is 1. The Labute approximate surface area is 214 Å². The van der Waals surface area contributed by atoms with Crippen molar-refractivity contribution in [2.24, 2.45) is 5.92 Å². The second-order valence-electron chi connectivity index (χ2n) is 9.37. The molecule has 2 aliphatic heterocycles. The standard InChI is InChI=1S/C25H34F3N7O2/c1-3-17-13-19(35-11-9-34(2)10-12-35)5-6-21(17)32-24-31-14-20(25(26,27)28)22(33-24)29-7-4-8-30-23(36)18-15-37-16-18/h5-6,13-14,18H,3-4,7-12,15-16H2,1-2H3,(H,30,36)(H2,29,31,32,33). The number of benzene rings is 1. The van der Waals surface area contributed by atoms with Gasteiger partial charge in [-0.05, 0) is 43.7 Å². The molecule has 0 aliphatic carbocycles. The number of piperazine rings is 1. The van der Waals surface area contributed by atoms with Crippen molar-refractivity contribution >= 4 is 29.0 Å². The van der Waals surface area contributed by atoms with E-state index in [2.05, 4.69) is 48.8 Å². The van der Waals surface area contributed by atoms with Crippen molar-refractivity contribution in [1.29, 1.82) is 0 Å². The summed E-state index contributed by atoms with van der Waals surface area (Å²) in [4.78, 5) is 24.5. The quantitative estimate of drug-likeness (QED) is 0.411. The number of nitrogens with zero attached hydrogens (tertiary/aromatic N) is 4. The molecule has 9 nitrogen and oxygen atoms in total. The molecule has 2 fully saturated rings. The fourth-order valence-corrected chi connectivity index (χ4v) is 4.20. The minimum Gasteiger partial charge on any atom is -0.380 e. The van der Waals surface area contributed by atoms with Crippen molar-refractivity contribution in [3.8, 4) is 0 Å². The smallest absolute Gasteiger partial charge is 0.380 e. The van der Waals surface area contributed by atoms with Gasteiger partial charge in [0.25, 0.3) is 0 Å². The topological polar surface area (TPSA) is 94.7 Å². The molecular weight excluding hydrogens is 487 g/mol. The lowest BCUT2D eigenvalue weighted by Crippen LogP contribution is -2.44. The summed E-state index contributed by atoms with van der Waals surface area (Å²) in [6.07, 6.45) is -2.62. The van der Waals surface area contributed by atoms with Crippen LogP contribution in [0.25, 0.3) is 0 Å². The molecule has 12 heteroatoms. The molecule has 2 aliphatic rings. The number of carbonyl (C=O) groups is 1. The van der Waals surface area contributed by atoms with E-state index in [1.165, 1.54) is 0 Å². The zero-order chi connectivity index (χ0) is 26.4. The predicted octanol–water partition coefficient (Wildman–Crippen LogP) is 3.12. The van der Waals surface area contributed by atoms with Gasteiger partial charge in [0.05, 0.1) is 19.1 Å². The molecule has 0 atom stereocenters. The largest absolute Gasteiger partial charge is 0.421 e. The number of alkyl halides is 3. The van der Waals surface area contributed by atoms with Crippen LogP contribution in [0.1, 0.15) is 24.5 Å². The van der Waals surface area contributed by atoms with Crippen LogP contribution in [-0.4, -0.2) is 80.3 Å². The molecule has 0 radical (unpaired) electrons. The maximum atomic E-state index is 13.6. The van der Waals surface area contributed by atoms with Gasteiger partial charge in [-0.25, -0.2) is 4.98 Å². The van der Waals surface area contributed by atoms with Crippen molar-refractivity contribution in [1.82, 2.24) is 20.2 Å². The van der Waals surface area contributed by atoms with Gasteiger partial charge in [0.2, 0.25) is 11.9 Å². The summed E-state index contributed by atoms with van der Waals surface area (Å²) in [5, 5.41) is 8.63. The van der Waals surface area contributed by atoms with Gasteiger partial charge < -0.3 is 30.5 Å². The molecule has 202 valence electrons. The highest BCUT2D eigenvalue weighted by atomic mass is 19.4. The molecule has 0 bridgehead atoms. The van der Waals surface area contributed by atoms with E-state index in [0.717, 1.165) is 55.7 Å². The third-order valence-electron chi connectivity index (χ3n) is 6.63. The van der Waals surface area contributed by atoms with Gasteiger partial charge in [-0.15, -0.1) is 0 Å². The fourth-order valence-electron chi connectivity index (χ4n) is 4.20. The highest BCUT2D eigenvalue weighted by Gasteiger charge is 2.35. The number of hydrogen-bond acceptors (Lipinski definition) is 8. The summed E-state index contributed by atoms with van der Waals surface area (Å²) < 4.78 is 45.7. The van der Waals surface area contributed by atoms with E-state index < -0.39 is 11.7 Å². The zero-order valence-corrected chi connectivity index (χ0v) is 21.2. The molecule has 37 heavy (non-hydrogen) atoms. The second-order valence-corrected chi connectivity index (χ2v) is 9.37. The Kier molecular flexibility index (Phi) is 8.70. The number of aryl methyl sites for hydroxylation is 1. The number of hydrogen-bond donors (Lipinski definition) is 3. The summed E-state index contributed by atoms with van der Waals surface area (Å²) >= 11 is 0. The van der Waals surface area contributed by atoms with E-state index in [1.54, 1.807) is 0 Å².